The normalized spacial score (nSPS) is 24.7. The van der Waals surface area contributed by atoms with Crippen molar-refractivity contribution in [1.29, 1.82) is 0 Å². The summed E-state index contributed by atoms with van der Waals surface area (Å²) in [6.07, 6.45) is 8.32. The van der Waals surface area contributed by atoms with E-state index >= 15 is 0 Å². The maximum Gasteiger partial charge on any atom is 0.222 e. The molecule has 0 aromatic carbocycles. The average molecular weight is 286 g/mol. The van der Waals surface area contributed by atoms with Gasteiger partial charge in [-0.1, -0.05) is 11.6 Å². The Labute approximate surface area is 114 Å². The van der Waals surface area contributed by atoms with Crippen LogP contribution in [0.5, 0.6) is 0 Å². The van der Waals surface area contributed by atoms with Gasteiger partial charge in [-0.25, -0.2) is 13.6 Å². The van der Waals surface area contributed by atoms with Gasteiger partial charge in [-0.2, -0.15) is 0 Å². The molecule has 1 aliphatic carbocycles. The molecule has 6 heteroatoms. The van der Waals surface area contributed by atoms with Crippen molar-refractivity contribution in [3.63, 3.8) is 0 Å². The third-order valence-electron chi connectivity index (χ3n) is 3.85. The number of allylic oxidation sites excluding steroid dienone is 1. The highest BCUT2D eigenvalue weighted by Crippen LogP contribution is 2.23. The van der Waals surface area contributed by atoms with E-state index < -0.39 is 10.0 Å². The molecule has 0 spiro atoms. The topological polar surface area (TPSA) is 80.5 Å². The Morgan fingerprint density at radius 1 is 1.37 bits per heavy atom. The third-order valence-corrected chi connectivity index (χ3v) is 4.79. The molecule has 0 bridgehead atoms. The van der Waals surface area contributed by atoms with Crippen molar-refractivity contribution < 1.29 is 13.2 Å². The fraction of sp³-hybridized carbons (Fsp3) is 0.769. The van der Waals surface area contributed by atoms with E-state index in [9.17, 15) is 13.2 Å². The molecule has 1 heterocycles. The molecule has 1 amide bonds. The van der Waals surface area contributed by atoms with E-state index in [1.54, 1.807) is 4.90 Å². The molecular formula is C13H22N2O3S. The number of hydrogen-bond acceptors (Lipinski definition) is 3. The van der Waals surface area contributed by atoms with Crippen molar-refractivity contribution >= 4 is 15.9 Å². The van der Waals surface area contributed by atoms with Gasteiger partial charge in [0.25, 0.3) is 0 Å². The third kappa shape index (κ3) is 4.62. The summed E-state index contributed by atoms with van der Waals surface area (Å²) >= 11 is 0. The zero-order chi connectivity index (χ0) is 13.9. The minimum absolute atomic E-state index is 0.0602. The second-order valence-corrected chi connectivity index (χ2v) is 7.26. The SMILES string of the molecule is NS(=O)(=O)CC1CC(=O)N(CCC2=CCCCC2)C1. The highest BCUT2D eigenvalue weighted by molar-refractivity contribution is 7.89. The van der Waals surface area contributed by atoms with Crippen LogP contribution in [0, 0.1) is 5.92 Å². The van der Waals surface area contributed by atoms with Crippen LogP contribution in [-0.4, -0.2) is 38.1 Å². The van der Waals surface area contributed by atoms with Gasteiger partial charge in [-0.3, -0.25) is 4.79 Å². The van der Waals surface area contributed by atoms with E-state index in [-0.39, 0.29) is 17.6 Å². The number of carbonyl (C=O) groups excluding carboxylic acids is 1. The lowest BCUT2D eigenvalue weighted by Gasteiger charge is -2.19. The summed E-state index contributed by atoms with van der Waals surface area (Å²) in [5.74, 6) is -0.161. The van der Waals surface area contributed by atoms with Crippen LogP contribution in [0.1, 0.15) is 38.5 Å². The van der Waals surface area contributed by atoms with Crippen LogP contribution < -0.4 is 5.14 Å². The lowest BCUT2D eigenvalue weighted by molar-refractivity contribution is -0.127. The number of amides is 1. The maximum atomic E-state index is 11.8. The van der Waals surface area contributed by atoms with Crippen LogP contribution in [0.15, 0.2) is 11.6 Å². The first kappa shape index (κ1) is 14.5. The van der Waals surface area contributed by atoms with Crippen LogP contribution in [0.4, 0.5) is 0 Å². The van der Waals surface area contributed by atoms with Gasteiger partial charge in [0.15, 0.2) is 0 Å². The number of likely N-dealkylation sites (tertiary alicyclic amines) is 1. The minimum atomic E-state index is -3.48. The lowest BCUT2D eigenvalue weighted by Crippen LogP contribution is -2.28. The Hall–Kier alpha value is -0.880. The van der Waals surface area contributed by atoms with Gasteiger partial charge in [0.2, 0.25) is 15.9 Å². The highest BCUT2D eigenvalue weighted by atomic mass is 32.2. The summed E-state index contributed by atoms with van der Waals surface area (Å²) < 4.78 is 22.1. The summed E-state index contributed by atoms with van der Waals surface area (Å²) in [6.45, 7) is 1.24. The van der Waals surface area contributed by atoms with Crippen molar-refractivity contribution in [3.8, 4) is 0 Å². The fourth-order valence-corrected chi connectivity index (χ4v) is 3.80. The minimum Gasteiger partial charge on any atom is -0.342 e. The Morgan fingerprint density at radius 2 is 2.16 bits per heavy atom. The standard InChI is InChI=1S/C13H22N2O3S/c14-19(17,18)10-12-8-13(16)15(9-12)7-6-11-4-2-1-3-5-11/h4,12H,1-3,5-10H2,(H2,14,17,18). The van der Waals surface area contributed by atoms with Crippen LogP contribution in [0.2, 0.25) is 0 Å². The number of primary sulfonamides is 1. The molecule has 1 atom stereocenters. The monoisotopic (exact) mass is 286 g/mol. The van der Waals surface area contributed by atoms with Crippen molar-refractivity contribution in [3.05, 3.63) is 11.6 Å². The van der Waals surface area contributed by atoms with Crippen LogP contribution in [-0.2, 0) is 14.8 Å². The smallest absolute Gasteiger partial charge is 0.222 e. The molecule has 0 radical (unpaired) electrons. The number of hydrogen-bond donors (Lipinski definition) is 1. The molecular weight excluding hydrogens is 264 g/mol. The summed E-state index contributed by atoms with van der Waals surface area (Å²) in [5, 5.41) is 5.03. The van der Waals surface area contributed by atoms with Gasteiger partial charge in [0.05, 0.1) is 5.75 Å². The Morgan fingerprint density at radius 3 is 2.79 bits per heavy atom. The highest BCUT2D eigenvalue weighted by Gasteiger charge is 2.31. The van der Waals surface area contributed by atoms with Gasteiger partial charge >= 0.3 is 0 Å². The lowest BCUT2D eigenvalue weighted by atomic mass is 9.97. The molecule has 1 aliphatic heterocycles. The molecule has 0 aromatic rings. The molecule has 0 saturated carbocycles. The summed E-state index contributed by atoms with van der Waals surface area (Å²) in [7, 11) is -3.48. The van der Waals surface area contributed by atoms with Crippen LogP contribution in [0.3, 0.4) is 0 Å². The van der Waals surface area contributed by atoms with Crippen molar-refractivity contribution in [2.45, 2.75) is 38.5 Å². The van der Waals surface area contributed by atoms with E-state index in [0.29, 0.717) is 19.5 Å². The molecule has 2 aliphatic rings. The predicted molar refractivity (Wildman–Crippen MR) is 73.8 cm³/mol. The number of sulfonamides is 1. The van der Waals surface area contributed by atoms with Crippen LogP contribution >= 0.6 is 0 Å². The summed E-state index contributed by atoms with van der Waals surface area (Å²) in [6, 6.07) is 0. The average Bonchev–Trinajstić information content (AvgIpc) is 2.66. The van der Waals surface area contributed by atoms with E-state index in [2.05, 4.69) is 6.08 Å². The molecule has 19 heavy (non-hydrogen) atoms. The van der Waals surface area contributed by atoms with Gasteiger partial charge in [-0.15, -0.1) is 0 Å². The van der Waals surface area contributed by atoms with Gasteiger partial charge in [-0.05, 0) is 32.1 Å². The zero-order valence-corrected chi connectivity index (χ0v) is 12.0. The number of rotatable bonds is 5. The first-order valence-corrected chi connectivity index (χ1v) is 8.62. The number of nitrogens with two attached hydrogens (primary N) is 1. The van der Waals surface area contributed by atoms with Gasteiger partial charge in [0.1, 0.15) is 0 Å². The second-order valence-electron chi connectivity index (χ2n) is 5.60. The molecule has 0 aromatic heterocycles. The Kier molecular flexibility index (Phi) is 4.62. The first-order chi connectivity index (χ1) is 8.94. The fourth-order valence-electron chi connectivity index (χ4n) is 2.92. The van der Waals surface area contributed by atoms with E-state index in [1.165, 1.54) is 18.4 Å². The van der Waals surface area contributed by atoms with E-state index in [4.69, 9.17) is 5.14 Å². The largest absolute Gasteiger partial charge is 0.342 e. The van der Waals surface area contributed by atoms with E-state index in [1.807, 2.05) is 0 Å². The molecule has 2 rings (SSSR count). The maximum absolute atomic E-state index is 11.8. The molecule has 1 unspecified atom stereocenters. The molecule has 108 valence electrons. The van der Waals surface area contributed by atoms with Gasteiger partial charge in [0, 0.05) is 25.4 Å². The molecule has 1 fully saturated rings. The number of nitrogens with zero attached hydrogens (tertiary/aromatic N) is 1. The van der Waals surface area contributed by atoms with Gasteiger partial charge < -0.3 is 4.90 Å². The quantitative estimate of drug-likeness (QED) is 0.766. The molecule has 1 saturated heterocycles. The van der Waals surface area contributed by atoms with Crippen molar-refractivity contribution in [2.75, 3.05) is 18.8 Å². The predicted octanol–water partition coefficient (Wildman–Crippen LogP) is 1.01. The molecule has 2 N–H and O–H groups in total. The molecule has 5 nitrogen and oxygen atoms in total. The zero-order valence-electron chi connectivity index (χ0n) is 11.2. The van der Waals surface area contributed by atoms with Crippen LogP contribution in [0.25, 0.3) is 0 Å². The summed E-state index contributed by atoms with van der Waals surface area (Å²) in [4.78, 5) is 13.6. The van der Waals surface area contributed by atoms with E-state index in [0.717, 1.165) is 19.3 Å². The first-order valence-electron chi connectivity index (χ1n) is 6.90. The second kappa shape index (κ2) is 6.05. The van der Waals surface area contributed by atoms with Crippen molar-refractivity contribution in [1.82, 2.24) is 4.90 Å². The number of carbonyl (C=O) groups is 1. The summed E-state index contributed by atoms with van der Waals surface area (Å²) in [5.41, 5.74) is 1.44. The Balaban J connectivity index is 1.81. The van der Waals surface area contributed by atoms with Crippen molar-refractivity contribution in [2.24, 2.45) is 11.1 Å². The Bertz CT molecular complexity index is 470.